The summed E-state index contributed by atoms with van der Waals surface area (Å²) in [7, 11) is 0. The normalized spacial score (nSPS) is 7.82. The van der Waals surface area contributed by atoms with Gasteiger partial charge in [-0.3, -0.25) is 4.98 Å². The van der Waals surface area contributed by atoms with Crippen molar-refractivity contribution >= 4 is 36.4 Å². The van der Waals surface area contributed by atoms with Crippen LogP contribution in [0.3, 0.4) is 0 Å². The molecule has 0 aliphatic rings. The van der Waals surface area contributed by atoms with Crippen LogP contribution >= 0.6 is 36.4 Å². The molecule has 64 valence electrons. The van der Waals surface area contributed by atoms with Gasteiger partial charge in [0.1, 0.15) is 0 Å². The molecule has 0 aromatic carbocycles. The largest absolute Gasteiger partial charge is 0.325 e. The van der Waals surface area contributed by atoms with Crippen LogP contribution < -0.4 is 5.73 Å². The molecule has 0 amide bonds. The van der Waals surface area contributed by atoms with Crippen molar-refractivity contribution in [3.05, 3.63) is 29.0 Å². The van der Waals surface area contributed by atoms with Gasteiger partial charge in [0.25, 0.3) is 0 Å². The fourth-order valence-electron chi connectivity index (χ4n) is 0.569. The van der Waals surface area contributed by atoms with E-state index in [0.717, 1.165) is 5.69 Å². The Bertz CT molecular complexity index is 205. The molecule has 1 aromatic rings. The summed E-state index contributed by atoms with van der Waals surface area (Å²) in [4.78, 5) is 3.94. The number of rotatable bonds is 1. The maximum absolute atomic E-state index is 5.68. The number of pyridine rings is 1. The van der Waals surface area contributed by atoms with E-state index in [0.29, 0.717) is 11.6 Å². The number of halogens is 3. The first-order valence-electron chi connectivity index (χ1n) is 2.64. The van der Waals surface area contributed by atoms with Crippen molar-refractivity contribution in [1.82, 2.24) is 4.98 Å². The fourth-order valence-corrected chi connectivity index (χ4v) is 0.767. The number of aromatic nitrogens is 1. The number of hydrogen-bond donors (Lipinski definition) is 1. The van der Waals surface area contributed by atoms with Crippen molar-refractivity contribution in [2.24, 2.45) is 5.73 Å². The maximum Gasteiger partial charge on any atom is 0.0725 e. The monoisotopic (exact) mass is 214 g/mol. The predicted octanol–water partition coefficient (Wildman–Crippen LogP) is 2.04. The molecule has 1 rings (SSSR count). The molecule has 2 nitrogen and oxygen atoms in total. The summed E-state index contributed by atoms with van der Waals surface area (Å²) in [5.41, 5.74) is 6.05. The van der Waals surface area contributed by atoms with E-state index in [1.165, 1.54) is 0 Å². The Morgan fingerprint density at radius 2 is 2.09 bits per heavy atom. The molecular weight excluding hydrogens is 206 g/mol. The first-order valence-corrected chi connectivity index (χ1v) is 3.02. The molecule has 0 saturated carbocycles. The molecule has 0 bridgehead atoms. The van der Waals surface area contributed by atoms with Gasteiger partial charge in [-0.2, -0.15) is 0 Å². The van der Waals surface area contributed by atoms with E-state index >= 15 is 0 Å². The fraction of sp³-hybridized carbons (Fsp3) is 0.167. The Morgan fingerprint density at radius 1 is 1.45 bits per heavy atom. The minimum Gasteiger partial charge on any atom is -0.325 e. The van der Waals surface area contributed by atoms with E-state index in [9.17, 15) is 0 Å². The second kappa shape index (κ2) is 6.68. The van der Waals surface area contributed by atoms with Crippen LogP contribution in [0.15, 0.2) is 18.3 Å². The predicted molar refractivity (Wildman–Crippen MR) is 51.6 cm³/mol. The topological polar surface area (TPSA) is 38.9 Å². The Hall–Kier alpha value is -0.0200. The number of hydrogen-bond acceptors (Lipinski definition) is 2. The third kappa shape index (κ3) is 3.77. The highest BCUT2D eigenvalue weighted by Crippen LogP contribution is 2.09. The SMILES string of the molecule is Cl.Cl.NCc1ncccc1Cl. The Morgan fingerprint density at radius 3 is 2.45 bits per heavy atom. The summed E-state index contributed by atoms with van der Waals surface area (Å²) in [6.45, 7) is 0.402. The molecular formula is C6H9Cl3N2. The summed E-state index contributed by atoms with van der Waals surface area (Å²) in [5.74, 6) is 0. The molecule has 1 aromatic heterocycles. The van der Waals surface area contributed by atoms with Gasteiger partial charge in [-0.05, 0) is 12.1 Å². The molecule has 0 aliphatic heterocycles. The first-order chi connectivity index (χ1) is 4.34. The maximum atomic E-state index is 5.68. The van der Waals surface area contributed by atoms with E-state index < -0.39 is 0 Å². The van der Waals surface area contributed by atoms with Crippen LogP contribution in [0.2, 0.25) is 5.02 Å². The van der Waals surface area contributed by atoms with Crippen molar-refractivity contribution < 1.29 is 0 Å². The third-order valence-electron chi connectivity index (χ3n) is 1.03. The van der Waals surface area contributed by atoms with Gasteiger partial charge in [0.15, 0.2) is 0 Å². The molecule has 0 fully saturated rings. The average Bonchev–Trinajstić information content (AvgIpc) is 1.89. The first kappa shape index (κ1) is 13.6. The minimum atomic E-state index is 0. The zero-order valence-corrected chi connectivity index (χ0v) is 8.05. The zero-order valence-electron chi connectivity index (χ0n) is 5.66. The summed E-state index contributed by atoms with van der Waals surface area (Å²) in [5, 5.41) is 0.639. The van der Waals surface area contributed by atoms with Gasteiger partial charge >= 0.3 is 0 Å². The molecule has 0 saturated heterocycles. The van der Waals surface area contributed by atoms with Crippen LogP contribution in [-0.4, -0.2) is 4.98 Å². The van der Waals surface area contributed by atoms with Crippen molar-refractivity contribution in [2.75, 3.05) is 0 Å². The average molecular weight is 216 g/mol. The summed E-state index contributed by atoms with van der Waals surface area (Å²) in [6, 6.07) is 3.55. The Balaban J connectivity index is 0. The van der Waals surface area contributed by atoms with E-state index in [1.807, 2.05) is 0 Å². The van der Waals surface area contributed by atoms with E-state index in [1.54, 1.807) is 18.3 Å². The highest BCUT2D eigenvalue weighted by atomic mass is 35.5. The van der Waals surface area contributed by atoms with Gasteiger partial charge in [-0.15, -0.1) is 24.8 Å². The molecule has 11 heavy (non-hydrogen) atoms. The molecule has 5 heteroatoms. The van der Waals surface area contributed by atoms with Crippen LogP contribution in [0.5, 0.6) is 0 Å². The molecule has 0 aliphatic carbocycles. The van der Waals surface area contributed by atoms with E-state index in [4.69, 9.17) is 17.3 Å². The van der Waals surface area contributed by atoms with Crippen molar-refractivity contribution in [2.45, 2.75) is 6.54 Å². The Kier molecular flexibility index (Phi) is 8.23. The molecule has 2 N–H and O–H groups in total. The van der Waals surface area contributed by atoms with Gasteiger partial charge < -0.3 is 5.73 Å². The van der Waals surface area contributed by atoms with Crippen LogP contribution in [0, 0.1) is 0 Å². The lowest BCUT2D eigenvalue weighted by molar-refractivity contribution is 0.991. The van der Waals surface area contributed by atoms with Crippen molar-refractivity contribution in [3.63, 3.8) is 0 Å². The quantitative estimate of drug-likeness (QED) is 0.779. The van der Waals surface area contributed by atoms with Gasteiger partial charge in [0.2, 0.25) is 0 Å². The molecule has 1 heterocycles. The van der Waals surface area contributed by atoms with Gasteiger partial charge in [0.05, 0.1) is 10.7 Å². The summed E-state index contributed by atoms with van der Waals surface area (Å²) < 4.78 is 0. The van der Waals surface area contributed by atoms with E-state index in [2.05, 4.69) is 4.98 Å². The van der Waals surface area contributed by atoms with Crippen LogP contribution in [0.25, 0.3) is 0 Å². The van der Waals surface area contributed by atoms with Gasteiger partial charge in [-0.25, -0.2) is 0 Å². The lowest BCUT2D eigenvalue weighted by atomic mass is 10.3. The molecule has 0 spiro atoms. The lowest BCUT2D eigenvalue weighted by Gasteiger charge is -1.95. The van der Waals surface area contributed by atoms with Crippen molar-refractivity contribution in [1.29, 1.82) is 0 Å². The second-order valence-electron chi connectivity index (χ2n) is 1.64. The van der Waals surface area contributed by atoms with Gasteiger partial charge in [0, 0.05) is 12.7 Å². The van der Waals surface area contributed by atoms with Crippen LogP contribution in [0.4, 0.5) is 0 Å². The molecule has 0 radical (unpaired) electrons. The lowest BCUT2D eigenvalue weighted by Crippen LogP contribution is -1.99. The molecule has 0 atom stereocenters. The minimum absolute atomic E-state index is 0. The Labute approximate surface area is 83.0 Å². The highest BCUT2D eigenvalue weighted by Gasteiger charge is 1.94. The third-order valence-corrected chi connectivity index (χ3v) is 1.37. The van der Waals surface area contributed by atoms with Crippen molar-refractivity contribution in [3.8, 4) is 0 Å². The second-order valence-corrected chi connectivity index (χ2v) is 2.04. The highest BCUT2D eigenvalue weighted by molar-refractivity contribution is 6.31. The van der Waals surface area contributed by atoms with Crippen LogP contribution in [-0.2, 0) is 6.54 Å². The number of nitrogens with zero attached hydrogens (tertiary/aromatic N) is 1. The number of nitrogens with two attached hydrogens (primary N) is 1. The van der Waals surface area contributed by atoms with Crippen LogP contribution in [0.1, 0.15) is 5.69 Å². The standard InChI is InChI=1S/C6H7ClN2.2ClH/c7-5-2-1-3-9-6(5)4-8;;/h1-3H,4,8H2;2*1H. The molecule has 0 unspecified atom stereocenters. The smallest absolute Gasteiger partial charge is 0.0725 e. The summed E-state index contributed by atoms with van der Waals surface area (Å²) >= 11 is 5.68. The summed E-state index contributed by atoms with van der Waals surface area (Å²) in [6.07, 6.45) is 1.67. The van der Waals surface area contributed by atoms with E-state index in [-0.39, 0.29) is 24.8 Å². The zero-order chi connectivity index (χ0) is 6.69. The van der Waals surface area contributed by atoms with Gasteiger partial charge in [-0.1, -0.05) is 11.6 Å².